The number of aromatic nitrogens is 3. The van der Waals surface area contributed by atoms with Crippen molar-refractivity contribution in [2.75, 3.05) is 60.0 Å². The van der Waals surface area contributed by atoms with Crippen molar-refractivity contribution in [3.8, 4) is 0 Å². The molecule has 5 atom stereocenters. The van der Waals surface area contributed by atoms with E-state index in [1.54, 1.807) is 6.20 Å². The molecule has 12 heteroatoms. The van der Waals surface area contributed by atoms with Crippen molar-refractivity contribution in [3.05, 3.63) is 54.9 Å². The number of fused-ring (bicyclic) bond motifs is 2. The van der Waals surface area contributed by atoms with Crippen LogP contribution in [0.3, 0.4) is 0 Å². The Balaban J connectivity index is 1.24. The number of nitrogens with zero attached hydrogens (tertiary/aromatic N) is 6. The van der Waals surface area contributed by atoms with Gasteiger partial charge in [0.2, 0.25) is 11.9 Å². The van der Waals surface area contributed by atoms with Gasteiger partial charge in [-0.2, -0.15) is 4.98 Å². The first-order valence-electron chi connectivity index (χ1n) is 15.9. The van der Waals surface area contributed by atoms with E-state index in [1.165, 1.54) is 12.3 Å². The van der Waals surface area contributed by atoms with Crippen LogP contribution in [0.4, 0.5) is 23.3 Å². The third kappa shape index (κ3) is 5.74. The van der Waals surface area contributed by atoms with Crippen LogP contribution >= 0.6 is 0 Å². The summed E-state index contributed by atoms with van der Waals surface area (Å²) in [5, 5.41) is 5.41. The number of amides is 1. The zero-order valence-electron chi connectivity index (χ0n) is 25.9. The average molecular weight is 632 g/mol. The molecule has 4 saturated heterocycles. The highest BCUT2D eigenvalue weighted by Gasteiger charge is 2.40. The van der Waals surface area contributed by atoms with E-state index >= 15 is 0 Å². The zero-order chi connectivity index (χ0) is 31.3. The van der Waals surface area contributed by atoms with Gasteiger partial charge in [0, 0.05) is 67.2 Å². The van der Waals surface area contributed by atoms with Gasteiger partial charge < -0.3 is 24.8 Å². The van der Waals surface area contributed by atoms with Crippen molar-refractivity contribution in [3.63, 3.8) is 0 Å². The number of sulfone groups is 1. The quantitative estimate of drug-likeness (QED) is 0.364. The largest absolute Gasteiger partial charge is 0.379 e. The van der Waals surface area contributed by atoms with E-state index in [9.17, 15) is 13.2 Å². The van der Waals surface area contributed by atoms with Crippen molar-refractivity contribution in [1.29, 1.82) is 0 Å². The summed E-state index contributed by atoms with van der Waals surface area (Å²) < 4.78 is 29.7. The summed E-state index contributed by atoms with van der Waals surface area (Å²) in [6.45, 7) is 9.63. The topological polar surface area (TPSA) is 121 Å². The molecule has 11 nitrogen and oxygen atoms in total. The van der Waals surface area contributed by atoms with Crippen LogP contribution in [-0.2, 0) is 19.4 Å². The number of hydrogen-bond donors (Lipinski definition) is 1. The molecule has 2 aromatic heterocycles. The first-order valence-corrected chi connectivity index (χ1v) is 18.0. The molecular formula is C33H41N7O4S. The number of pyridine rings is 1. The predicted molar refractivity (Wildman–Crippen MR) is 176 cm³/mol. The van der Waals surface area contributed by atoms with Gasteiger partial charge in [-0.25, -0.2) is 18.4 Å². The highest BCUT2D eigenvalue weighted by atomic mass is 32.2. The highest BCUT2D eigenvalue weighted by Crippen LogP contribution is 2.42. The summed E-state index contributed by atoms with van der Waals surface area (Å²) in [6.07, 6.45) is 10.3. The Kier molecular flexibility index (Phi) is 7.89. The second-order valence-electron chi connectivity index (χ2n) is 13.0. The molecule has 4 aliphatic heterocycles. The van der Waals surface area contributed by atoms with Gasteiger partial charge >= 0.3 is 0 Å². The van der Waals surface area contributed by atoms with E-state index < -0.39 is 9.84 Å². The molecule has 4 aliphatic rings. The number of hydrogen-bond acceptors (Lipinski definition) is 10. The first kappa shape index (κ1) is 29.9. The van der Waals surface area contributed by atoms with E-state index in [0.717, 1.165) is 60.9 Å². The Morgan fingerprint density at radius 1 is 1.09 bits per heavy atom. The number of anilines is 4. The minimum Gasteiger partial charge on any atom is -0.379 e. The molecule has 0 radical (unpaired) electrons. The van der Waals surface area contributed by atoms with E-state index in [-0.39, 0.29) is 29.7 Å². The standard InChI is InChI=1S/C33H41N7O4S/c1-4-32(41)38-13-6-5-7-27(38)24-8-9-28(40-17-23(21(40)2)20-45(3,42)43)26-16-35-31(15-25(24)26)36-30-10-12-34-33(37-30)39-14-11-22-18-44-19-29(22)39/h4,8-10,12,15-16,21-23,27,29H,1,5-7,11,13-14,17-20H2,2-3H3,(H,34,35,36,37)/t21-,22+,23-,27-,29-/m1/s1. The monoisotopic (exact) mass is 631 g/mol. The summed E-state index contributed by atoms with van der Waals surface area (Å²) in [4.78, 5) is 33.6. The first-order chi connectivity index (χ1) is 21.7. The maximum atomic E-state index is 12.9. The minimum atomic E-state index is -3.06. The molecule has 4 fully saturated rings. The third-order valence-corrected chi connectivity index (χ3v) is 11.2. The lowest BCUT2D eigenvalue weighted by Crippen LogP contribution is -2.57. The highest BCUT2D eigenvalue weighted by molar-refractivity contribution is 7.90. The second-order valence-corrected chi connectivity index (χ2v) is 15.2. The number of carbonyl (C=O) groups excluding carboxylic acids is 1. The number of benzene rings is 1. The normalized spacial score (nSPS) is 26.5. The summed E-state index contributed by atoms with van der Waals surface area (Å²) >= 11 is 0. The van der Waals surface area contributed by atoms with Crippen LogP contribution in [0.5, 0.6) is 0 Å². The van der Waals surface area contributed by atoms with Crippen LogP contribution in [0.15, 0.2) is 49.3 Å². The van der Waals surface area contributed by atoms with Gasteiger partial charge in [0.25, 0.3) is 0 Å². The number of rotatable bonds is 8. The van der Waals surface area contributed by atoms with Gasteiger partial charge in [0.15, 0.2) is 0 Å². The van der Waals surface area contributed by atoms with Crippen molar-refractivity contribution < 1.29 is 17.9 Å². The molecule has 0 aliphatic carbocycles. The maximum absolute atomic E-state index is 12.9. The lowest BCUT2D eigenvalue weighted by atomic mass is 9.87. The Morgan fingerprint density at radius 2 is 1.96 bits per heavy atom. The molecule has 45 heavy (non-hydrogen) atoms. The molecule has 0 unspecified atom stereocenters. The molecule has 1 amide bonds. The fourth-order valence-corrected chi connectivity index (χ4v) is 8.85. The van der Waals surface area contributed by atoms with Crippen LogP contribution in [0.25, 0.3) is 10.8 Å². The molecule has 0 bridgehead atoms. The Morgan fingerprint density at radius 3 is 2.76 bits per heavy atom. The molecule has 7 rings (SSSR count). The Hall–Kier alpha value is -3.77. The maximum Gasteiger partial charge on any atom is 0.246 e. The van der Waals surface area contributed by atoms with E-state index in [0.29, 0.717) is 49.2 Å². The Labute approximate surface area is 264 Å². The summed E-state index contributed by atoms with van der Waals surface area (Å²) in [7, 11) is -3.06. The van der Waals surface area contributed by atoms with Crippen LogP contribution in [0.2, 0.25) is 0 Å². The number of carbonyl (C=O) groups is 1. The lowest BCUT2D eigenvalue weighted by molar-refractivity contribution is -0.129. The van der Waals surface area contributed by atoms with Crippen molar-refractivity contribution in [2.24, 2.45) is 11.8 Å². The average Bonchev–Trinajstić information content (AvgIpc) is 3.66. The number of likely N-dealkylation sites (tertiary alicyclic amines) is 1. The molecule has 6 heterocycles. The van der Waals surface area contributed by atoms with Gasteiger partial charge in [0.1, 0.15) is 21.5 Å². The van der Waals surface area contributed by atoms with E-state index in [1.807, 2.05) is 17.2 Å². The predicted octanol–water partition coefficient (Wildman–Crippen LogP) is 4.10. The number of ether oxygens (including phenoxy) is 1. The van der Waals surface area contributed by atoms with Gasteiger partial charge in [-0.15, -0.1) is 0 Å². The zero-order valence-corrected chi connectivity index (χ0v) is 26.7. The fourth-order valence-electron chi connectivity index (χ4n) is 7.69. The fraction of sp³-hybridized carbons (Fsp3) is 0.515. The van der Waals surface area contributed by atoms with Gasteiger partial charge in [-0.3, -0.25) is 4.79 Å². The van der Waals surface area contributed by atoms with Crippen LogP contribution < -0.4 is 15.1 Å². The molecular weight excluding hydrogens is 590 g/mol. The SMILES string of the molecule is C=CC(=O)N1CCCC[C@@H]1c1ccc(N2C[C@H](CS(C)(=O)=O)[C@H]2C)c2cnc(Nc3ccnc(N4CC[C@H]5COC[C@H]54)n3)cc12. The van der Waals surface area contributed by atoms with Gasteiger partial charge in [0.05, 0.1) is 31.1 Å². The molecule has 1 aromatic carbocycles. The van der Waals surface area contributed by atoms with Crippen LogP contribution in [-0.4, -0.2) is 91.1 Å². The van der Waals surface area contributed by atoms with Gasteiger partial charge in [-0.1, -0.05) is 12.6 Å². The van der Waals surface area contributed by atoms with Crippen molar-refractivity contribution in [2.45, 2.75) is 50.7 Å². The summed E-state index contributed by atoms with van der Waals surface area (Å²) in [5.74, 6) is 2.73. The lowest BCUT2D eigenvalue weighted by Gasteiger charge is -2.48. The summed E-state index contributed by atoms with van der Waals surface area (Å²) in [5.41, 5.74) is 2.09. The van der Waals surface area contributed by atoms with Crippen LogP contribution in [0, 0.1) is 11.8 Å². The number of nitrogens with one attached hydrogen (secondary N) is 1. The summed E-state index contributed by atoms with van der Waals surface area (Å²) in [6, 6.07) is 8.46. The van der Waals surface area contributed by atoms with Gasteiger partial charge in [-0.05, 0) is 67.8 Å². The van der Waals surface area contributed by atoms with Crippen molar-refractivity contribution in [1.82, 2.24) is 19.9 Å². The molecule has 1 N–H and O–H groups in total. The Bertz CT molecular complexity index is 1730. The smallest absolute Gasteiger partial charge is 0.246 e. The van der Waals surface area contributed by atoms with Crippen LogP contribution in [0.1, 0.15) is 44.2 Å². The van der Waals surface area contributed by atoms with Crippen molar-refractivity contribution >= 4 is 49.8 Å². The molecule has 238 valence electrons. The molecule has 3 aromatic rings. The third-order valence-electron chi connectivity index (χ3n) is 10.1. The van der Waals surface area contributed by atoms with E-state index in [2.05, 4.69) is 51.8 Å². The molecule has 0 saturated carbocycles. The van der Waals surface area contributed by atoms with E-state index in [4.69, 9.17) is 14.7 Å². The number of piperidine rings is 1. The molecule has 0 spiro atoms. The minimum absolute atomic E-state index is 0.0605. The second kappa shape index (κ2) is 11.9.